The number of phenols is 2. The van der Waals surface area contributed by atoms with Gasteiger partial charge in [0.15, 0.2) is 0 Å². The van der Waals surface area contributed by atoms with E-state index in [1.165, 1.54) is 24.6 Å². The second-order valence-electron chi connectivity index (χ2n) is 10.4. The molecule has 1 saturated carbocycles. The molecule has 3 N–H and O–H groups in total. The minimum atomic E-state index is -0.426. The lowest BCUT2D eigenvalue weighted by atomic mass is 9.96. The molecule has 1 aromatic heterocycles. The number of carbonyl (C=O) groups is 1. The number of rotatable bonds is 6. The van der Waals surface area contributed by atoms with Gasteiger partial charge in [-0.05, 0) is 48.2 Å². The lowest BCUT2D eigenvalue weighted by molar-refractivity contribution is 0.0749. The highest BCUT2D eigenvalue weighted by Crippen LogP contribution is 2.40. The molecule has 1 amide bonds. The zero-order valence-electron chi connectivity index (χ0n) is 22.2. The van der Waals surface area contributed by atoms with Gasteiger partial charge in [-0.3, -0.25) is 4.79 Å². The monoisotopic (exact) mass is 542 g/mol. The fourth-order valence-corrected chi connectivity index (χ4v) is 5.82. The predicted octanol–water partition coefficient (Wildman–Crippen LogP) is 6.51. The van der Waals surface area contributed by atoms with Gasteiger partial charge in [0.25, 0.3) is 5.91 Å². The predicted molar refractivity (Wildman–Crippen MR) is 149 cm³/mol. The molecule has 0 spiro atoms. The van der Waals surface area contributed by atoms with Crippen molar-refractivity contribution in [3.8, 4) is 28.5 Å². The molecular formula is C31H31FN4O4. The Balaban J connectivity index is 1.39. The summed E-state index contributed by atoms with van der Waals surface area (Å²) in [5, 5.41) is 29.5. The van der Waals surface area contributed by atoms with E-state index in [0.29, 0.717) is 23.8 Å². The molecule has 1 fully saturated rings. The summed E-state index contributed by atoms with van der Waals surface area (Å²) < 4.78 is 21.3. The van der Waals surface area contributed by atoms with Gasteiger partial charge in [-0.25, -0.2) is 9.07 Å². The molecule has 2 heterocycles. The number of para-hydroxylation sites is 1. The van der Waals surface area contributed by atoms with E-state index >= 15 is 0 Å². The van der Waals surface area contributed by atoms with Crippen LogP contribution in [0.4, 0.5) is 15.9 Å². The minimum Gasteiger partial charge on any atom is -0.508 e. The molecule has 8 nitrogen and oxygen atoms in total. The first kappa shape index (κ1) is 25.7. The smallest absolute Gasteiger partial charge is 0.260 e. The molecule has 206 valence electrons. The lowest BCUT2D eigenvalue weighted by Crippen LogP contribution is -2.26. The van der Waals surface area contributed by atoms with Crippen LogP contribution in [0.2, 0.25) is 0 Å². The van der Waals surface area contributed by atoms with Crippen molar-refractivity contribution in [1.29, 1.82) is 0 Å². The van der Waals surface area contributed by atoms with Crippen LogP contribution in [0, 0.1) is 5.82 Å². The molecule has 0 bridgehead atoms. The molecule has 2 aliphatic rings. The molecule has 9 heteroatoms. The van der Waals surface area contributed by atoms with E-state index in [2.05, 4.69) is 5.32 Å². The van der Waals surface area contributed by atoms with E-state index in [0.717, 1.165) is 48.4 Å². The van der Waals surface area contributed by atoms with Crippen LogP contribution in [0.25, 0.3) is 11.3 Å². The fraction of sp³-hybridized carbons (Fsp3) is 0.290. The van der Waals surface area contributed by atoms with Crippen LogP contribution in [0.1, 0.15) is 59.6 Å². The Kier molecular flexibility index (Phi) is 6.79. The van der Waals surface area contributed by atoms with Crippen LogP contribution in [-0.2, 0) is 13.1 Å². The third kappa shape index (κ3) is 4.83. The van der Waals surface area contributed by atoms with Crippen molar-refractivity contribution < 1.29 is 24.1 Å². The number of carbonyl (C=O) groups excluding carboxylic acids is 1. The Morgan fingerprint density at radius 1 is 1.00 bits per heavy atom. The molecule has 40 heavy (non-hydrogen) atoms. The summed E-state index contributed by atoms with van der Waals surface area (Å²) in [6.45, 7) is 0.524. The normalized spacial score (nSPS) is 15.2. The van der Waals surface area contributed by atoms with E-state index in [1.807, 2.05) is 35.0 Å². The first-order valence-corrected chi connectivity index (χ1v) is 13.5. The van der Waals surface area contributed by atoms with Gasteiger partial charge in [0.1, 0.15) is 34.4 Å². The summed E-state index contributed by atoms with van der Waals surface area (Å²) in [5.74, 6) is 0.0206. The van der Waals surface area contributed by atoms with E-state index in [-0.39, 0.29) is 41.2 Å². The van der Waals surface area contributed by atoms with Crippen LogP contribution >= 0.6 is 0 Å². The molecule has 0 unspecified atom stereocenters. The van der Waals surface area contributed by atoms with E-state index in [1.54, 1.807) is 18.1 Å². The maximum absolute atomic E-state index is 13.8. The number of amides is 1. The van der Waals surface area contributed by atoms with Gasteiger partial charge in [0, 0.05) is 36.9 Å². The number of ether oxygens (including phenoxy) is 1. The van der Waals surface area contributed by atoms with Crippen molar-refractivity contribution >= 4 is 17.4 Å². The van der Waals surface area contributed by atoms with Crippen molar-refractivity contribution in [2.24, 2.45) is 0 Å². The fourth-order valence-electron chi connectivity index (χ4n) is 5.82. The van der Waals surface area contributed by atoms with Crippen molar-refractivity contribution in [3.63, 3.8) is 0 Å². The average molecular weight is 543 g/mol. The quantitative estimate of drug-likeness (QED) is 0.257. The highest BCUT2D eigenvalue weighted by Gasteiger charge is 2.30. The number of aromatic nitrogens is 2. The van der Waals surface area contributed by atoms with Crippen molar-refractivity contribution in [3.05, 3.63) is 83.2 Å². The molecule has 0 saturated heterocycles. The van der Waals surface area contributed by atoms with Gasteiger partial charge in [0.05, 0.1) is 24.5 Å². The SMILES string of the molecule is COc1ccccc1-c1cc(Nc2cc(O)cc(O)c2C(=O)N2Cc3ccc(F)cc3C2)n(C2CCCCC2)n1. The molecule has 0 atom stereocenters. The van der Waals surface area contributed by atoms with Gasteiger partial charge in [-0.15, -0.1) is 0 Å². The van der Waals surface area contributed by atoms with Crippen LogP contribution in [-0.4, -0.2) is 37.9 Å². The molecule has 4 aromatic rings. The van der Waals surface area contributed by atoms with E-state index < -0.39 is 5.91 Å². The maximum Gasteiger partial charge on any atom is 0.260 e. The molecule has 1 aliphatic carbocycles. The number of phenolic OH excluding ortho intramolecular Hbond substituents is 2. The maximum atomic E-state index is 13.8. The highest BCUT2D eigenvalue weighted by molar-refractivity contribution is 6.03. The van der Waals surface area contributed by atoms with Crippen molar-refractivity contribution in [2.45, 2.75) is 51.2 Å². The average Bonchev–Trinajstić information content (AvgIpc) is 3.57. The van der Waals surface area contributed by atoms with Crippen LogP contribution in [0.15, 0.2) is 60.7 Å². The Labute approximate surface area is 231 Å². The minimum absolute atomic E-state index is 0.0290. The zero-order valence-corrected chi connectivity index (χ0v) is 22.2. The second-order valence-corrected chi connectivity index (χ2v) is 10.4. The first-order chi connectivity index (χ1) is 19.4. The number of fused-ring (bicyclic) bond motifs is 1. The van der Waals surface area contributed by atoms with E-state index in [9.17, 15) is 19.4 Å². The molecule has 1 aliphatic heterocycles. The number of nitrogens with zero attached hydrogens (tertiary/aromatic N) is 3. The number of hydrogen-bond acceptors (Lipinski definition) is 6. The summed E-state index contributed by atoms with van der Waals surface area (Å²) in [6, 6.07) is 16.8. The van der Waals surface area contributed by atoms with Gasteiger partial charge in [0.2, 0.25) is 0 Å². The number of nitrogens with one attached hydrogen (secondary N) is 1. The summed E-state index contributed by atoms with van der Waals surface area (Å²) in [7, 11) is 1.62. The number of aromatic hydroxyl groups is 2. The third-order valence-electron chi connectivity index (χ3n) is 7.80. The molecule has 6 rings (SSSR count). The van der Waals surface area contributed by atoms with Crippen LogP contribution in [0.3, 0.4) is 0 Å². The van der Waals surface area contributed by atoms with Gasteiger partial charge < -0.3 is 25.2 Å². The Morgan fingerprint density at radius 2 is 1.77 bits per heavy atom. The Bertz CT molecular complexity index is 1580. The van der Waals surface area contributed by atoms with Crippen molar-refractivity contribution in [1.82, 2.24) is 14.7 Å². The third-order valence-corrected chi connectivity index (χ3v) is 7.80. The standard InChI is InChI=1S/C31H31FN4O4/c1-40-28-10-6-5-9-24(28)25-16-29(36(34-25)22-7-3-2-4-8-22)33-26-14-23(37)15-27(38)30(26)31(39)35-17-19-11-12-21(32)13-20(19)18-35/h5-6,9-16,22,33,37-38H,2-4,7-8,17-18H2,1H3. The zero-order chi connectivity index (χ0) is 27.8. The number of anilines is 2. The van der Waals surface area contributed by atoms with Crippen molar-refractivity contribution in [2.75, 3.05) is 12.4 Å². The summed E-state index contributed by atoms with van der Waals surface area (Å²) >= 11 is 0. The summed E-state index contributed by atoms with van der Waals surface area (Å²) in [5.41, 5.74) is 3.42. The number of methoxy groups -OCH3 is 1. The molecule has 0 radical (unpaired) electrons. The topological polar surface area (TPSA) is 99.8 Å². The Hall–Kier alpha value is -4.53. The summed E-state index contributed by atoms with van der Waals surface area (Å²) in [6.07, 6.45) is 5.32. The van der Waals surface area contributed by atoms with Crippen LogP contribution in [0.5, 0.6) is 17.2 Å². The number of halogens is 1. The largest absolute Gasteiger partial charge is 0.508 e. The van der Waals surface area contributed by atoms with Gasteiger partial charge in [-0.1, -0.05) is 37.5 Å². The van der Waals surface area contributed by atoms with Gasteiger partial charge in [-0.2, -0.15) is 5.10 Å². The first-order valence-electron chi connectivity index (χ1n) is 13.5. The number of hydrogen-bond donors (Lipinski definition) is 3. The molecular weight excluding hydrogens is 511 g/mol. The van der Waals surface area contributed by atoms with Gasteiger partial charge >= 0.3 is 0 Å². The van der Waals surface area contributed by atoms with E-state index in [4.69, 9.17) is 9.84 Å². The number of benzene rings is 3. The highest BCUT2D eigenvalue weighted by atomic mass is 19.1. The van der Waals surface area contributed by atoms with Crippen LogP contribution < -0.4 is 10.1 Å². The molecule has 3 aromatic carbocycles. The second kappa shape index (κ2) is 10.6. The lowest BCUT2D eigenvalue weighted by Gasteiger charge is -2.25. The summed E-state index contributed by atoms with van der Waals surface area (Å²) in [4.78, 5) is 15.3. The Morgan fingerprint density at radius 3 is 2.58 bits per heavy atom.